The third kappa shape index (κ3) is 4.99. The Labute approximate surface area is 114 Å². The number of unbranched alkanes of at least 4 members (excludes halogenated alkanes) is 1. The van der Waals surface area contributed by atoms with Crippen LogP contribution in [0.4, 0.5) is 0 Å². The molecule has 1 aromatic carbocycles. The third-order valence-corrected chi connectivity index (χ3v) is 2.61. The Morgan fingerprint density at radius 3 is 2.42 bits per heavy atom. The molecule has 0 aliphatic heterocycles. The molecule has 0 atom stereocenters. The molecule has 0 bridgehead atoms. The molecule has 0 amide bonds. The van der Waals surface area contributed by atoms with Gasteiger partial charge in [-0.2, -0.15) is 5.10 Å². The monoisotopic (exact) mass is 262 g/mol. The number of hydrogen-bond donors (Lipinski definition) is 2. The molecule has 4 N–H and O–H groups in total. The van der Waals surface area contributed by atoms with Gasteiger partial charge in [0.15, 0.2) is 0 Å². The van der Waals surface area contributed by atoms with Crippen LogP contribution in [0.3, 0.4) is 0 Å². The quantitative estimate of drug-likeness (QED) is 0.356. The van der Waals surface area contributed by atoms with Crippen LogP contribution < -0.4 is 16.2 Å². The van der Waals surface area contributed by atoms with Crippen LogP contribution in [0.25, 0.3) is 0 Å². The van der Waals surface area contributed by atoms with Crippen LogP contribution in [-0.4, -0.2) is 18.8 Å². The fourth-order valence-corrected chi connectivity index (χ4v) is 1.77. The highest BCUT2D eigenvalue weighted by Gasteiger charge is 2.05. The number of rotatable bonds is 6. The van der Waals surface area contributed by atoms with E-state index < -0.39 is 0 Å². The minimum Gasteiger partial charge on any atom is -0.493 e. The summed E-state index contributed by atoms with van der Waals surface area (Å²) in [5.74, 6) is 0.900. The maximum atomic E-state index is 5.79. The standard InChI is InChI=1S/C14H22N4O/c1-4-5-6-19-13-10(2)7-12(8-11(13)3)9-17-18-14(15)16/h7-9H,4-6H2,1-3H3,(H4,15,16,18). The zero-order valence-corrected chi connectivity index (χ0v) is 11.8. The number of ether oxygens (including phenoxy) is 1. The van der Waals surface area contributed by atoms with Crippen LogP contribution in [0.1, 0.15) is 36.5 Å². The maximum Gasteiger partial charge on any atom is 0.211 e. The van der Waals surface area contributed by atoms with Crippen molar-refractivity contribution < 1.29 is 4.74 Å². The summed E-state index contributed by atoms with van der Waals surface area (Å²) >= 11 is 0. The largest absolute Gasteiger partial charge is 0.493 e. The zero-order valence-electron chi connectivity index (χ0n) is 11.8. The van der Waals surface area contributed by atoms with Crippen LogP contribution in [0, 0.1) is 13.8 Å². The highest BCUT2D eigenvalue weighted by molar-refractivity contribution is 5.82. The van der Waals surface area contributed by atoms with Gasteiger partial charge in [0, 0.05) is 0 Å². The lowest BCUT2D eigenvalue weighted by molar-refractivity contribution is 0.305. The lowest BCUT2D eigenvalue weighted by Gasteiger charge is -2.12. The van der Waals surface area contributed by atoms with Crippen molar-refractivity contribution in [2.75, 3.05) is 6.61 Å². The maximum absolute atomic E-state index is 5.79. The summed E-state index contributed by atoms with van der Waals surface area (Å²) in [6, 6.07) is 4.00. The van der Waals surface area contributed by atoms with Crippen molar-refractivity contribution in [1.82, 2.24) is 0 Å². The van der Waals surface area contributed by atoms with E-state index in [-0.39, 0.29) is 5.96 Å². The molecule has 0 aliphatic rings. The highest BCUT2D eigenvalue weighted by Crippen LogP contribution is 2.24. The van der Waals surface area contributed by atoms with Crippen LogP contribution >= 0.6 is 0 Å². The Hall–Kier alpha value is -2.04. The van der Waals surface area contributed by atoms with E-state index in [0.29, 0.717) is 0 Å². The van der Waals surface area contributed by atoms with Gasteiger partial charge in [0.2, 0.25) is 5.96 Å². The smallest absolute Gasteiger partial charge is 0.211 e. The average molecular weight is 262 g/mol. The lowest BCUT2D eigenvalue weighted by Crippen LogP contribution is -2.21. The molecule has 1 rings (SSSR count). The summed E-state index contributed by atoms with van der Waals surface area (Å²) in [5.41, 5.74) is 13.5. The normalized spacial score (nSPS) is 10.7. The molecule has 0 aliphatic carbocycles. The van der Waals surface area contributed by atoms with Gasteiger partial charge in [0.25, 0.3) is 0 Å². The molecular formula is C14H22N4O. The summed E-state index contributed by atoms with van der Waals surface area (Å²) in [7, 11) is 0. The minimum atomic E-state index is -0.0517. The second-order valence-electron chi connectivity index (χ2n) is 4.46. The van der Waals surface area contributed by atoms with Gasteiger partial charge in [-0.05, 0) is 49.1 Å². The third-order valence-electron chi connectivity index (χ3n) is 2.61. The van der Waals surface area contributed by atoms with E-state index in [4.69, 9.17) is 16.2 Å². The van der Waals surface area contributed by atoms with E-state index in [9.17, 15) is 0 Å². The Morgan fingerprint density at radius 2 is 1.89 bits per heavy atom. The molecule has 5 heteroatoms. The second kappa shape index (κ2) is 7.41. The van der Waals surface area contributed by atoms with Crippen LogP contribution in [0.2, 0.25) is 0 Å². The second-order valence-corrected chi connectivity index (χ2v) is 4.46. The van der Waals surface area contributed by atoms with Crippen molar-refractivity contribution in [3.8, 4) is 5.75 Å². The first-order chi connectivity index (χ1) is 9.04. The Kier molecular flexibility index (Phi) is 5.85. The summed E-state index contributed by atoms with van der Waals surface area (Å²) in [6.07, 6.45) is 3.81. The fraction of sp³-hybridized carbons (Fsp3) is 0.429. The summed E-state index contributed by atoms with van der Waals surface area (Å²) in [6.45, 7) is 6.93. The molecule has 0 fully saturated rings. The van der Waals surface area contributed by atoms with Crippen molar-refractivity contribution in [3.05, 3.63) is 28.8 Å². The molecular weight excluding hydrogens is 240 g/mol. The van der Waals surface area contributed by atoms with Gasteiger partial charge in [-0.25, -0.2) is 0 Å². The molecule has 19 heavy (non-hydrogen) atoms. The van der Waals surface area contributed by atoms with Crippen molar-refractivity contribution in [2.24, 2.45) is 21.7 Å². The van der Waals surface area contributed by atoms with Crippen LogP contribution in [-0.2, 0) is 0 Å². The van der Waals surface area contributed by atoms with E-state index in [2.05, 4.69) is 17.1 Å². The molecule has 0 radical (unpaired) electrons. The number of aryl methyl sites for hydroxylation is 2. The van der Waals surface area contributed by atoms with Crippen molar-refractivity contribution in [1.29, 1.82) is 0 Å². The van der Waals surface area contributed by atoms with Crippen molar-refractivity contribution >= 4 is 12.2 Å². The Bertz CT molecular complexity index is 453. The van der Waals surface area contributed by atoms with Gasteiger partial charge >= 0.3 is 0 Å². The first-order valence-electron chi connectivity index (χ1n) is 6.40. The zero-order chi connectivity index (χ0) is 14.3. The molecule has 0 saturated heterocycles. The van der Waals surface area contributed by atoms with E-state index in [0.717, 1.165) is 41.9 Å². The van der Waals surface area contributed by atoms with Crippen LogP contribution in [0.15, 0.2) is 22.3 Å². The molecule has 0 heterocycles. The number of benzene rings is 1. The Balaban J connectivity index is 2.84. The van der Waals surface area contributed by atoms with Crippen LogP contribution in [0.5, 0.6) is 5.75 Å². The molecule has 0 unspecified atom stereocenters. The van der Waals surface area contributed by atoms with Crippen molar-refractivity contribution in [2.45, 2.75) is 33.6 Å². The lowest BCUT2D eigenvalue weighted by atomic mass is 10.1. The topological polar surface area (TPSA) is 86.0 Å². The number of hydrogen-bond acceptors (Lipinski definition) is 3. The first kappa shape index (κ1) is 15.0. The molecule has 1 aromatic rings. The van der Waals surface area contributed by atoms with Gasteiger partial charge in [0.05, 0.1) is 12.8 Å². The summed E-state index contributed by atoms with van der Waals surface area (Å²) in [4.78, 5) is 0. The number of guanidine groups is 1. The van der Waals surface area contributed by atoms with Gasteiger partial charge in [-0.3, -0.25) is 0 Å². The molecule has 5 nitrogen and oxygen atoms in total. The molecule has 0 spiro atoms. The summed E-state index contributed by atoms with van der Waals surface area (Å²) < 4.78 is 5.79. The molecule has 104 valence electrons. The number of nitrogens with zero attached hydrogens (tertiary/aromatic N) is 2. The van der Waals surface area contributed by atoms with E-state index >= 15 is 0 Å². The van der Waals surface area contributed by atoms with Crippen molar-refractivity contribution in [3.63, 3.8) is 0 Å². The fourth-order valence-electron chi connectivity index (χ4n) is 1.77. The van der Waals surface area contributed by atoms with Gasteiger partial charge in [0.1, 0.15) is 5.75 Å². The highest BCUT2D eigenvalue weighted by atomic mass is 16.5. The predicted octanol–water partition coefficient (Wildman–Crippen LogP) is 2.09. The minimum absolute atomic E-state index is 0.0517. The molecule has 0 saturated carbocycles. The SMILES string of the molecule is CCCCOc1c(C)cc(C=NN=C(N)N)cc1C. The number of nitrogens with two attached hydrogens (primary N) is 2. The van der Waals surface area contributed by atoms with E-state index in [1.54, 1.807) is 6.21 Å². The molecule has 0 aromatic heterocycles. The summed E-state index contributed by atoms with van der Waals surface area (Å²) in [5, 5.41) is 7.37. The average Bonchev–Trinajstić information content (AvgIpc) is 2.32. The Morgan fingerprint density at radius 1 is 1.26 bits per heavy atom. The van der Waals surface area contributed by atoms with Gasteiger partial charge in [-0.1, -0.05) is 13.3 Å². The first-order valence-corrected chi connectivity index (χ1v) is 6.40. The van der Waals surface area contributed by atoms with Gasteiger partial charge < -0.3 is 16.2 Å². The van der Waals surface area contributed by atoms with E-state index in [1.165, 1.54) is 0 Å². The predicted molar refractivity (Wildman–Crippen MR) is 79.7 cm³/mol. The van der Waals surface area contributed by atoms with Gasteiger partial charge in [-0.15, -0.1) is 5.10 Å². The van der Waals surface area contributed by atoms with E-state index in [1.807, 2.05) is 26.0 Å².